The number of methoxy groups -OCH3 is 1. The highest BCUT2D eigenvalue weighted by Gasteiger charge is 2.57. The number of Topliss-reactive ketones (excluding diaryl/α,β-unsaturated/α-hetero) is 1. The largest absolute Gasteiger partial charge is 0.504 e. The summed E-state index contributed by atoms with van der Waals surface area (Å²) in [6, 6.07) is 0. The molecule has 3 unspecified atom stereocenters. The maximum atomic E-state index is 12.9. The van der Waals surface area contributed by atoms with E-state index in [1.54, 1.807) is 13.2 Å². The third-order valence-electron chi connectivity index (χ3n) is 6.53. The lowest BCUT2D eigenvalue weighted by atomic mass is 9.48. The molecule has 1 fully saturated rings. The first-order valence-electron chi connectivity index (χ1n) is 9.23. The predicted molar refractivity (Wildman–Crippen MR) is 96.9 cm³/mol. The van der Waals surface area contributed by atoms with Crippen LogP contribution in [0.4, 0.5) is 0 Å². The summed E-state index contributed by atoms with van der Waals surface area (Å²) in [5.41, 5.74) is 1.34. The molecule has 3 aliphatic carbocycles. The van der Waals surface area contributed by atoms with E-state index >= 15 is 0 Å². The van der Waals surface area contributed by atoms with Gasteiger partial charge in [0.05, 0.1) is 13.2 Å². The molecule has 0 radical (unpaired) electrons. The van der Waals surface area contributed by atoms with Crippen LogP contribution >= 0.6 is 0 Å². The minimum absolute atomic E-state index is 0.0406. The topological polar surface area (TPSA) is 66.8 Å². The van der Waals surface area contributed by atoms with Gasteiger partial charge in [-0.15, -0.1) is 0 Å². The van der Waals surface area contributed by atoms with E-state index in [2.05, 4.69) is 20.8 Å². The zero-order valence-corrected chi connectivity index (χ0v) is 16.1. The van der Waals surface area contributed by atoms with Gasteiger partial charge in [0, 0.05) is 28.1 Å². The van der Waals surface area contributed by atoms with Gasteiger partial charge in [0.25, 0.3) is 0 Å². The van der Waals surface area contributed by atoms with E-state index in [9.17, 15) is 15.0 Å². The Morgan fingerprint density at radius 2 is 1.88 bits per heavy atom. The standard InChI is InChI=1S/C21H30O4/c1-11(2)14-16(23)17(24)15-12(18(14)25-6)10-13(22)19-20(3,4)8-7-9-21(15,19)5/h10-11,13,19,22,24H,7-9H2,1-6H3. The minimum Gasteiger partial charge on any atom is -0.504 e. The van der Waals surface area contributed by atoms with Crippen LogP contribution < -0.4 is 0 Å². The van der Waals surface area contributed by atoms with E-state index in [0.717, 1.165) is 19.3 Å². The third-order valence-corrected chi connectivity index (χ3v) is 6.53. The molecule has 138 valence electrons. The number of ether oxygens (including phenoxy) is 1. The Labute approximate surface area is 150 Å². The summed E-state index contributed by atoms with van der Waals surface area (Å²) in [5.74, 6) is -0.0971. The molecule has 4 nitrogen and oxygen atoms in total. The van der Waals surface area contributed by atoms with Gasteiger partial charge < -0.3 is 14.9 Å². The van der Waals surface area contributed by atoms with Gasteiger partial charge >= 0.3 is 0 Å². The smallest absolute Gasteiger partial charge is 0.227 e. The monoisotopic (exact) mass is 346 g/mol. The molecule has 4 heteroatoms. The van der Waals surface area contributed by atoms with Crippen molar-refractivity contribution in [1.29, 1.82) is 0 Å². The Balaban J connectivity index is 2.30. The Kier molecular flexibility index (Phi) is 4.18. The number of ketones is 1. The van der Waals surface area contributed by atoms with Crippen molar-refractivity contribution in [1.82, 2.24) is 0 Å². The van der Waals surface area contributed by atoms with Crippen LogP contribution in [0.15, 0.2) is 34.3 Å². The van der Waals surface area contributed by atoms with Crippen LogP contribution in [-0.4, -0.2) is 29.2 Å². The first kappa shape index (κ1) is 18.2. The van der Waals surface area contributed by atoms with E-state index in [4.69, 9.17) is 4.74 Å². The molecule has 3 rings (SSSR count). The SMILES string of the molecule is COC1=C(C(C)C)C(=O)C(O)=C2C1=CC(O)C1C(C)(C)CCCC21C. The Hall–Kier alpha value is -1.55. The average Bonchev–Trinajstić information content (AvgIpc) is 2.48. The van der Waals surface area contributed by atoms with Gasteiger partial charge in [-0.1, -0.05) is 41.0 Å². The fourth-order valence-electron chi connectivity index (χ4n) is 5.68. The maximum Gasteiger partial charge on any atom is 0.227 e. The quantitative estimate of drug-likeness (QED) is 0.791. The van der Waals surface area contributed by atoms with Crippen LogP contribution in [0.5, 0.6) is 0 Å². The molecule has 25 heavy (non-hydrogen) atoms. The third kappa shape index (κ3) is 2.41. The summed E-state index contributed by atoms with van der Waals surface area (Å²) in [6.07, 6.45) is 4.04. The Bertz CT molecular complexity index is 707. The molecule has 0 amide bonds. The summed E-state index contributed by atoms with van der Waals surface area (Å²) in [5, 5.41) is 21.9. The summed E-state index contributed by atoms with van der Waals surface area (Å²) in [6.45, 7) is 10.3. The molecular weight excluding hydrogens is 316 g/mol. The molecule has 2 N–H and O–H groups in total. The number of carbonyl (C=O) groups is 1. The molecular formula is C21H30O4. The summed E-state index contributed by atoms with van der Waals surface area (Å²) < 4.78 is 5.61. The molecule has 1 saturated carbocycles. The second-order valence-corrected chi connectivity index (χ2v) is 8.96. The number of hydrogen-bond acceptors (Lipinski definition) is 4. The Morgan fingerprint density at radius 3 is 2.44 bits per heavy atom. The van der Waals surface area contributed by atoms with Gasteiger partial charge in [0.15, 0.2) is 5.76 Å². The predicted octanol–water partition coefficient (Wildman–Crippen LogP) is 4.07. The molecule has 0 aromatic carbocycles. The van der Waals surface area contributed by atoms with Crippen molar-refractivity contribution in [2.24, 2.45) is 22.7 Å². The number of allylic oxidation sites excluding steroid dienone is 2. The lowest BCUT2D eigenvalue weighted by Crippen LogP contribution is -2.52. The number of hydrogen-bond donors (Lipinski definition) is 2. The number of rotatable bonds is 2. The summed E-state index contributed by atoms with van der Waals surface area (Å²) >= 11 is 0. The van der Waals surface area contributed by atoms with E-state index in [1.807, 2.05) is 13.8 Å². The zero-order chi connectivity index (χ0) is 18.7. The molecule has 0 aromatic rings. The van der Waals surface area contributed by atoms with Gasteiger partial charge in [-0.3, -0.25) is 4.79 Å². The molecule has 0 bridgehead atoms. The second kappa shape index (κ2) is 5.73. The molecule has 0 saturated heterocycles. The van der Waals surface area contributed by atoms with Gasteiger partial charge in [0.2, 0.25) is 5.78 Å². The summed E-state index contributed by atoms with van der Waals surface area (Å²) in [4.78, 5) is 12.9. The number of aliphatic hydroxyl groups is 2. The van der Waals surface area contributed by atoms with Gasteiger partial charge in [-0.05, 0) is 30.3 Å². The molecule has 0 heterocycles. The molecule has 3 atom stereocenters. The van der Waals surface area contributed by atoms with E-state index < -0.39 is 11.5 Å². The normalized spacial score (nSPS) is 34.7. The number of aliphatic hydroxyl groups excluding tert-OH is 2. The highest BCUT2D eigenvalue weighted by molar-refractivity contribution is 6.10. The van der Waals surface area contributed by atoms with Crippen molar-refractivity contribution in [3.05, 3.63) is 34.3 Å². The van der Waals surface area contributed by atoms with Gasteiger partial charge in [-0.2, -0.15) is 0 Å². The molecule has 0 aliphatic heterocycles. The van der Waals surface area contributed by atoms with Crippen molar-refractivity contribution in [2.45, 2.75) is 60.0 Å². The van der Waals surface area contributed by atoms with Crippen LogP contribution in [0.25, 0.3) is 0 Å². The maximum absolute atomic E-state index is 12.9. The molecule has 3 aliphatic rings. The van der Waals surface area contributed by atoms with Crippen molar-refractivity contribution in [3.63, 3.8) is 0 Å². The highest BCUT2D eigenvalue weighted by atomic mass is 16.5. The zero-order valence-electron chi connectivity index (χ0n) is 16.1. The van der Waals surface area contributed by atoms with Crippen molar-refractivity contribution < 1.29 is 19.7 Å². The lowest BCUT2D eigenvalue weighted by Gasteiger charge is -2.56. The number of fused-ring (bicyclic) bond motifs is 3. The fourth-order valence-corrected chi connectivity index (χ4v) is 5.68. The first-order chi connectivity index (χ1) is 11.6. The molecule has 0 aromatic heterocycles. The van der Waals surface area contributed by atoms with Crippen LogP contribution in [0.1, 0.15) is 53.9 Å². The highest BCUT2D eigenvalue weighted by Crippen LogP contribution is 2.61. The van der Waals surface area contributed by atoms with Crippen molar-refractivity contribution in [3.8, 4) is 0 Å². The number of carbonyl (C=O) groups excluding carboxylic acids is 1. The van der Waals surface area contributed by atoms with Crippen molar-refractivity contribution >= 4 is 5.78 Å². The second-order valence-electron chi connectivity index (χ2n) is 8.96. The fraction of sp³-hybridized carbons (Fsp3) is 0.667. The van der Waals surface area contributed by atoms with Crippen LogP contribution in [-0.2, 0) is 9.53 Å². The molecule has 0 spiro atoms. The van der Waals surface area contributed by atoms with Gasteiger partial charge in [-0.25, -0.2) is 0 Å². The van der Waals surface area contributed by atoms with Crippen LogP contribution in [0.3, 0.4) is 0 Å². The summed E-state index contributed by atoms with van der Waals surface area (Å²) in [7, 11) is 1.55. The van der Waals surface area contributed by atoms with Crippen molar-refractivity contribution in [2.75, 3.05) is 7.11 Å². The van der Waals surface area contributed by atoms with E-state index in [-0.39, 0.29) is 28.8 Å². The Morgan fingerprint density at radius 1 is 1.24 bits per heavy atom. The first-order valence-corrected chi connectivity index (χ1v) is 9.23. The van der Waals surface area contributed by atoms with E-state index in [1.165, 1.54) is 0 Å². The van der Waals surface area contributed by atoms with E-state index in [0.29, 0.717) is 22.5 Å². The van der Waals surface area contributed by atoms with Gasteiger partial charge in [0.1, 0.15) is 5.76 Å². The average molecular weight is 346 g/mol. The van der Waals surface area contributed by atoms with Crippen LogP contribution in [0.2, 0.25) is 0 Å². The lowest BCUT2D eigenvalue weighted by molar-refractivity contribution is -0.116. The minimum atomic E-state index is -0.626. The van der Waals surface area contributed by atoms with Crippen LogP contribution in [0, 0.1) is 22.7 Å².